The first kappa shape index (κ1) is 8.83. The van der Waals surface area contributed by atoms with E-state index in [0.29, 0.717) is 15.9 Å². The van der Waals surface area contributed by atoms with Crippen LogP contribution >= 0.6 is 27.3 Å². The minimum absolute atomic E-state index is 0.402. The summed E-state index contributed by atoms with van der Waals surface area (Å²) in [6, 6.07) is 0. The van der Waals surface area contributed by atoms with Gasteiger partial charge in [-0.05, 0) is 22.9 Å². The third-order valence-corrected chi connectivity index (χ3v) is 2.92. The Morgan fingerprint density at radius 3 is 2.91 bits per heavy atom. The Morgan fingerprint density at radius 2 is 2.55 bits per heavy atom. The molecule has 0 amide bonds. The molecule has 0 aromatic carbocycles. The number of rotatable bonds is 2. The average molecular weight is 236 g/mol. The van der Waals surface area contributed by atoms with Gasteiger partial charge < -0.3 is 5.11 Å². The molecule has 0 radical (unpaired) electrons. The molecule has 1 aromatic rings. The van der Waals surface area contributed by atoms with Crippen LogP contribution in [0.5, 0.6) is 0 Å². The van der Waals surface area contributed by atoms with E-state index in [-0.39, 0.29) is 0 Å². The van der Waals surface area contributed by atoms with Crippen molar-refractivity contribution in [2.45, 2.75) is 12.5 Å². The highest BCUT2D eigenvalue weighted by Gasteiger charge is 2.25. The van der Waals surface area contributed by atoms with Gasteiger partial charge in [0.1, 0.15) is 9.61 Å². The van der Waals surface area contributed by atoms with E-state index in [1.807, 2.05) is 0 Å². The summed E-state index contributed by atoms with van der Waals surface area (Å²) < 4.78 is 0.639. The van der Waals surface area contributed by atoms with Crippen LogP contribution in [0, 0.1) is 0 Å². The van der Waals surface area contributed by atoms with Gasteiger partial charge in [-0.1, -0.05) is 0 Å². The molecule has 1 unspecified atom stereocenters. The molecule has 1 atom stereocenters. The molecule has 0 saturated heterocycles. The molecule has 0 aliphatic rings. The average Bonchev–Trinajstić information content (AvgIpc) is 2.36. The molecule has 3 nitrogen and oxygen atoms in total. The van der Waals surface area contributed by atoms with Gasteiger partial charge in [0.2, 0.25) is 0 Å². The lowest BCUT2D eigenvalue weighted by atomic mass is 10.1. The lowest BCUT2D eigenvalue weighted by molar-refractivity contribution is -0.123. The Labute approximate surface area is 76.2 Å². The van der Waals surface area contributed by atoms with Crippen LogP contribution in [-0.4, -0.2) is 16.4 Å². The van der Waals surface area contributed by atoms with Gasteiger partial charge in [-0.2, -0.15) is 0 Å². The third-order valence-electron chi connectivity index (χ3n) is 1.14. The molecule has 5 heteroatoms. The Balaban J connectivity index is 3.01. The summed E-state index contributed by atoms with van der Waals surface area (Å²) in [5.41, 5.74) is -1.45. The van der Waals surface area contributed by atoms with Crippen LogP contribution in [-0.2, 0) is 10.4 Å². The number of hydrogen-bond acceptors (Lipinski definition) is 4. The molecule has 1 rings (SSSR count). The lowest BCUT2D eigenvalue weighted by Gasteiger charge is -2.10. The molecule has 11 heavy (non-hydrogen) atoms. The molecule has 1 N–H and O–H groups in total. The van der Waals surface area contributed by atoms with E-state index in [2.05, 4.69) is 20.9 Å². The van der Waals surface area contributed by atoms with E-state index in [4.69, 9.17) is 0 Å². The molecule has 1 aromatic heterocycles. The highest BCUT2D eigenvalue weighted by Crippen LogP contribution is 2.24. The smallest absolute Gasteiger partial charge is 0.168 e. The highest BCUT2D eigenvalue weighted by atomic mass is 79.9. The van der Waals surface area contributed by atoms with Gasteiger partial charge in [-0.15, -0.1) is 11.3 Å². The van der Waals surface area contributed by atoms with Gasteiger partial charge in [-0.3, -0.25) is 4.79 Å². The van der Waals surface area contributed by atoms with E-state index >= 15 is 0 Å². The molecule has 0 aliphatic carbocycles. The molecule has 1 heterocycles. The molecular weight excluding hydrogens is 230 g/mol. The van der Waals surface area contributed by atoms with E-state index in [9.17, 15) is 9.90 Å². The first-order valence-corrected chi connectivity index (χ1v) is 4.54. The van der Waals surface area contributed by atoms with Crippen molar-refractivity contribution in [1.29, 1.82) is 0 Å². The van der Waals surface area contributed by atoms with Crippen molar-refractivity contribution in [1.82, 2.24) is 4.98 Å². The minimum Gasteiger partial charge on any atom is -0.375 e. The van der Waals surface area contributed by atoms with Crippen molar-refractivity contribution in [3.05, 3.63) is 15.0 Å². The van der Waals surface area contributed by atoms with Crippen molar-refractivity contribution < 1.29 is 9.90 Å². The van der Waals surface area contributed by atoms with Crippen molar-refractivity contribution in [3.8, 4) is 0 Å². The monoisotopic (exact) mass is 235 g/mol. The van der Waals surface area contributed by atoms with Crippen molar-refractivity contribution in [3.63, 3.8) is 0 Å². The van der Waals surface area contributed by atoms with Gasteiger partial charge in [-0.25, -0.2) is 4.98 Å². The van der Waals surface area contributed by atoms with Crippen molar-refractivity contribution in [2.24, 2.45) is 0 Å². The van der Waals surface area contributed by atoms with Gasteiger partial charge in [0, 0.05) is 5.38 Å². The maximum atomic E-state index is 10.3. The largest absolute Gasteiger partial charge is 0.375 e. The maximum absolute atomic E-state index is 10.3. The predicted molar refractivity (Wildman–Crippen MR) is 45.4 cm³/mol. The number of aldehydes is 1. The van der Waals surface area contributed by atoms with Gasteiger partial charge >= 0.3 is 0 Å². The summed E-state index contributed by atoms with van der Waals surface area (Å²) in [6.07, 6.45) is 0.471. The topological polar surface area (TPSA) is 50.2 Å². The van der Waals surface area contributed by atoms with Gasteiger partial charge in [0.05, 0.1) is 0 Å². The molecule has 60 valence electrons. The second kappa shape index (κ2) is 3.00. The predicted octanol–water partition coefficient (Wildman–Crippen LogP) is 1.31. The second-order valence-corrected chi connectivity index (χ2v) is 3.91. The second-order valence-electron chi connectivity index (χ2n) is 2.24. The summed E-state index contributed by atoms with van der Waals surface area (Å²) in [5.74, 6) is 0. The summed E-state index contributed by atoms with van der Waals surface area (Å²) in [6.45, 7) is 1.41. The fraction of sp³-hybridized carbons (Fsp3) is 0.333. The zero-order valence-corrected chi connectivity index (χ0v) is 8.15. The summed E-state index contributed by atoms with van der Waals surface area (Å²) in [7, 11) is 0. The number of nitrogens with zero attached hydrogens (tertiary/aromatic N) is 1. The van der Waals surface area contributed by atoms with E-state index in [1.54, 1.807) is 5.38 Å². The number of hydrogen-bond donors (Lipinski definition) is 1. The van der Waals surface area contributed by atoms with Crippen LogP contribution in [0.25, 0.3) is 0 Å². The number of aliphatic hydroxyl groups is 1. The van der Waals surface area contributed by atoms with Crippen LogP contribution in [0.1, 0.15) is 11.9 Å². The van der Waals surface area contributed by atoms with E-state index < -0.39 is 5.60 Å². The Bertz CT molecular complexity index is 271. The molecule has 0 bridgehead atoms. The normalized spacial score (nSPS) is 15.9. The Morgan fingerprint density at radius 1 is 1.91 bits per heavy atom. The van der Waals surface area contributed by atoms with Crippen LogP contribution in [0.4, 0.5) is 0 Å². The fourth-order valence-corrected chi connectivity index (χ4v) is 1.81. The van der Waals surface area contributed by atoms with Gasteiger partial charge in [0.25, 0.3) is 0 Å². The van der Waals surface area contributed by atoms with Crippen LogP contribution in [0.2, 0.25) is 0 Å². The fourth-order valence-electron chi connectivity index (χ4n) is 0.537. The Hall–Kier alpha value is -0.260. The number of aromatic nitrogens is 1. The zero-order valence-electron chi connectivity index (χ0n) is 5.74. The standard InChI is InChI=1S/C6H6BrNO2S/c1-6(10,3-9)5-8-4(7)2-11-5/h2-3,10H,1H3. The molecule has 0 spiro atoms. The third kappa shape index (κ3) is 1.85. The molecule has 0 aliphatic heterocycles. The van der Waals surface area contributed by atoms with Gasteiger partial charge in [0.15, 0.2) is 11.9 Å². The first-order valence-electron chi connectivity index (χ1n) is 2.86. The maximum Gasteiger partial charge on any atom is 0.168 e. The summed E-state index contributed by atoms with van der Waals surface area (Å²) >= 11 is 4.37. The Kier molecular flexibility index (Phi) is 2.41. The minimum atomic E-state index is -1.45. The summed E-state index contributed by atoms with van der Waals surface area (Å²) in [4.78, 5) is 14.2. The SMILES string of the molecule is CC(O)(C=O)c1nc(Br)cs1. The zero-order chi connectivity index (χ0) is 8.48. The number of carbonyl (C=O) groups is 1. The number of halogens is 1. The first-order chi connectivity index (χ1) is 5.06. The number of carbonyl (C=O) groups excluding carboxylic acids is 1. The lowest BCUT2D eigenvalue weighted by Crippen LogP contribution is -2.22. The number of thiazole rings is 1. The van der Waals surface area contributed by atoms with Crippen LogP contribution < -0.4 is 0 Å². The van der Waals surface area contributed by atoms with Crippen LogP contribution in [0.3, 0.4) is 0 Å². The van der Waals surface area contributed by atoms with Crippen LogP contribution in [0.15, 0.2) is 9.98 Å². The molecule has 0 saturated carbocycles. The van der Waals surface area contributed by atoms with Crippen molar-refractivity contribution >= 4 is 33.6 Å². The van der Waals surface area contributed by atoms with Crippen molar-refractivity contribution in [2.75, 3.05) is 0 Å². The molecular formula is C6H6BrNO2S. The highest BCUT2D eigenvalue weighted by molar-refractivity contribution is 9.10. The summed E-state index contributed by atoms with van der Waals surface area (Å²) in [5, 5.41) is 11.5. The van der Waals surface area contributed by atoms with E-state index in [1.165, 1.54) is 18.3 Å². The van der Waals surface area contributed by atoms with E-state index in [0.717, 1.165) is 0 Å². The quantitative estimate of drug-likeness (QED) is 0.787. The molecule has 0 fully saturated rings.